The number of carbonyl (C=O) groups is 2. The number of aliphatic hydroxyl groups is 1. The van der Waals surface area contributed by atoms with E-state index in [1.54, 1.807) is 31.3 Å². The van der Waals surface area contributed by atoms with E-state index >= 15 is 0 Å². The van der Waals surface area contributed by atoms with Gasteiger partial charge in [-0.1, -0.05) is 66.7 Å². The molecule has 0 aliphatic rings. The van der Waals surface area contributed by atoms with E-state index in [9.17, 15) is 14.7 Å². The summed E-state index contributed by atoms with van der Waals surface area (Å²) in [7, 11) is 3.11. The average Bonchev–Trinajstić information content (AvgIpc) is 2.90. The van der Waals surface area contributed by atoms with E-state index in [-0.39, 0.29) is 37.9 Å². The zero-order valence-electron chi connectivity index (χ0n) is 20.1. The molecule has 3 rings (SSSR count). The minimum atomic E-state index is -0.753. The van der Waals surface area contributed by atoms with Gasteiger partial charge in [0.25, 0.3) is 0 Å². The third-order valence-corrected chi connectivity index (χ3v) is 5.68. The molecule has 1 atom stereocenters. The summed E-state index contributed by atoms with van der Waals surface area (Å²) >= 11 is 0. The van der Waals surface area contributed by atoms with Gasteiger partial charge in [-0.15, -0.1) is 0 Å². The fraction of sp³-hybridized carbons (Fsp3) is 0.286. The maximum atomic E-state index is 13.7. The summed E-state index contributed by atoms with van der Waals surface area (Å²) in [5.74, 6) is 0.616. The van der Waals surface area contributed by atoms with Gasteiger partial charge in [-0.2, -0.15) is 0 Å². The average molecular weight is 477 g/mol. The normalized spacial score (nSPS) is 11.4. The van der Waals surface area contributed by atoms with E-state index in [1.165, 1.54) is 0 Å². The lowest BCUT2D eigenvalue weighted by molar-refractivity contribution is -0.140. The van der Waals surface area contributed by atoms with Crippen molar-refractivity contribution in [3.05, 3.63) is 95.6 Å². The molecule has 0 saturated heterocycles. The summed E-state index contributed by atoms with van der Waals surface area (Å²) in [4.78, 5) is 28.5. The zero-order valence-corrected chi connectivity index (χ0v) is 20.1. The summed E-state index contributed by atoms with van der Waals surface area (Å²) < 4.78 is 10.7. The Morgan fingerprint density at radius 3 is 2.09 bits per heavy atom. The molecule has 2 N–H and O–H groups in total. The Balaban J connectivity index is 1.94. The van der Waals surface area contributed by atoms with Crippen LogP contribution in [0.3, 0.4) is 0 Å². The second-order valence-corrected chi connectivity index (χ2v) is 8.09. The third kappa shape index (κ3) is 7.32. The first-order valence-corrected chi connectivity index (χ1v) is 11.5. The summed E-state index contributed by atoms with van der Waals surface area (Å²) in [6, 6.07) is 23.8. The minimum Gasteiger partial charge on any atom is -0.493 e. The van der Waals surface area contributed by atoms with Gasteiger partial charge >= 0.3 is 0 Å². The first-order valence-electron chi connectivity index (χ1n) is 11.5. The van der Waals surface area contributed by atoms with Crippen molar-refractivity contribution in [2.24, 2.45) is 0 Å². The van der Waals surface area contributed by atoms with Crippen molar-refractivity contribution in [3.63, 3.8) is 0 Å². The molecular weight excluding hydrogens is 444 g/mol. The second kappa shape index (κ2) is 13.2. The number of methoxy groups -OCH3 is 2. The summed E-state index contributed by atoms with van der Waals surface area (Å²) in [6.07, 6.45) is 0.439. The Morgan fingerprint density at radius 1 is 0.857 bits per heavy atom. The number of benzene rings is 3. The smallest absolute Gasteiger partial charge is 0.243 e. The molecule has 184 valence electrons. The summed E-state index contributed by atoms with van der Waals surface area (Å²) in [5, 5.41) is 12.0. The first kappa shape index (κ1) is 25.8. The van der Waals surface area contributed by atoms with Gasteiger partial charge < -0.3 is 24.8 Å². The third-order valence-electron chi connectivity index (χ3n) is 5.68. The molecule has 0 radical (unpaired) electrons. The van der Waals surface area contributed by atoms with Gasteiger partial charge in [-0.3, -0.25) is 9.59 Å². The van der Waals surface area contributed by atoms with Crippen molar-refractivity contribution in [1.29, 1.82) is 0 Å². The molecule has 0 bridgehead atoms. The number of hydrogen-bond acceptors (Lipinski definition) is 5. The lowest BCUT2D eigenvalue weighted by atomic mass is 10.0. The molecule has 3 aromatic rings. The van der Waals surface area contributed by atoms with E-state index < -0.39 is 6.04 Å². The van der Waals surface area contributed by atoms with Crippen LogP contribution in [0, 0.1) is 0 Å². The molecule has 0 aromatic heterocycles. The maximum Gasteiger partial charge on any atom is 0.243 e. The summed E-state index contributed by atoms with van der Waals surface area (Å²) in [6.45, 7) is 0.215. The van der Waals surface area contributed by atoms with E-state index in [0.717, 1.165) is 16.7 Å². The minimum absolute atomic E-state index is 0.0890. The predicted molar refractivity (Wildman–Crippen MR) is 134 cm³/mol. The predicted octanol–water partition coefficient (Wildman–Crippen LogP) is 2.99. The van der Waals surface area contributed by atoms with Crippen LogP contribution in [0.2, 0.25) is 0 Å². The van der Waals surface area contributed by atoms with E-state index in [4.69, 9.17) is 9.47 Å². The van der Waals surface area contributed by atoms with Crippen LogP contribution in [0.5, 0.6) is 11.5 Å². The molecule has 0 saturated carbocycles. The largest absolute Gasteiger partial charge is 0.493 e. The molecule has 0 aliphatic carbocycles. The topological polar surface area (TPSA) is 88.1 Å². The lowest BCUT2D eigenvalue weighted by Gasteiger charge is -2.31. The zero-order chi connectivity index (χ0) is 25.0. The van der Waals surface area contributed by atoms with Gasteiger partial charge in [-0.25, -0.2) is 0 Å². The second-order valence-electron chi connectivity index (χ2n) is 8.09. The number of aliphatic hydroxyl groups excluding tert-OH is 1. The molecule has 35 heavy (non-hydrogen) atoms. The van der Waals surface area contributed by atoms with Crippen molar-refractivity contribution in [2.45, 2.75) is 25.4 Å². The number of nitrogens with zero attached hydrogens (tertiary/aromatic N) is 1. The number of rotatable bonds is 12. The molecule has 0 spiro atoms. The van der Waals surface area contributed by atoms with Gasteiger partial charge in [0, 0.05) is 19.5 Å². The standard InChI is InChI=1S/C28H32N2O5/c1-34-25-14-13-23(18-26(25)35-2)19-27(32)30(20-22-11-7-4-8-12-22)24(28(33)29-15-16-31)17-21-9-5-3-6-10-21/h3-14,18,24,31H,15-17,19-20H2,1-2H3,(H,29,33). The highest BCUT2D eigenvalue weighted by Gasteiger charge is 2.30. The number of nitrogens with one attached hydrogen (secondary N) is 1. The number of carbonyl (C=O) groups excluding carboxylic acids is 2. The van der Waals surface area contributed by atoms with Crippen LogP contribution < -0.4 is 14.8 Å². The molecule has 7 nitrogen and oxygen atoms in total. The van der Waals surface area contributed by atoms with Crippen LogP contribution >= 0.6 is 0 Å². The van der Waals surface area contributed by atoms with Crippen LogP contribution in [-0.2, 0) is 29.0 Å². The van der Waals surface area contributed by atoms with E-state index in [2.05, 4.69) is 5.32 Å². The van der Waals surface area contributed by atoms with Crippen molar-refractivity contribution < 1.29 is 24.2 Å². The lowest BCUT2D eigenvalue weighted by Crippen LogP contribution is -2.51. The number of amides is 2. The van der Waals surface area contributed by atoms with E-state index in [1.807, 2.05) is 66.7 Å². The Kier molecular flexibility index (Phi) is 9.69. The number of hydrogen-bond donors (Lipinski definition) is 2. The highest BCUT2D eigenvalue weighted by molar-refractivity contribution is 5.88. The van der Waals surface area contributed by atoms with E-state index in [0.29, 0.717) is 17.9 Å². The summed E-state index contributed by atoms with van der Waals surface area (Å²) in [5.41, 5.74) is 2.61. The van der Waals surface area contributed by atoms with Crippen molar-refractivity contribution in [1.82, 2.24) is 10.2 Å². The van der Waals surface area contributed by atoms with Crippen LogP contribution in [0.4, 0.5) is 0 Å². The van der Waals surface area contributed by atoms with Gasteiger partial charge in [0.1, 0.15) is 6.04 Å². The highest BCUT2D eigenvalue weighted by atomic mass is 16.5. The molecule has 0 aliphatic heterocycles. The SMILES string of the molecule is COc1ccc(CC(=O)N(Cc2ccccc2)C(Cc2ccccc2)C(=O)NCCO)cc1OC. The molecular formula is C28H32N2O5. The van der Waals surface area contributed by atoms with Gasteiger partial charge in [0.05, 0.1) is 27.2 Å². The monoisotopic (exact) mass is 476 g/mol. The Morgan fingerprint density at radius 2 is 1.49 bits per heavy atom. The molecule has 3 aromatic carbocycles. The maximum absolute atomic E-state index is 13.7. The fourth-order valence-electron chi connectivity index (χ4n) is 3.90. The van der Waals surface area contributed by atoms with Crippen molar-refractivity contribution >= 4 is 11.8 Å². The molecule has 7 heteroatoms. The Hall–Kier alpha value is -3.84. The molecule has 0 fully saturated rings. The van der Waals surface area contributed by atoms with Crippen LogP contribution in [0.15, 0.2) is 78.9 Å². The van der Waals surface area contributed by atoms with Gasteiger partial charge in [0.15, 0.2) is 11.5 Å². The van der Waals surface area contributed by atoms with Crippen molar-refractivity contribution in [3.8, 4) is 11.5 Å². The van der Waals surface area contributed by atoms with Gasteiger partial charge in [-0.05, 0) is 28.8 Å². The van der Waals surface area contributed by atoms with Crippen LogP contribution in [0.25, 0.3) is 0 Å². The number of ether oxygens (including phenoxy) is 2. The van der Waals surface area contributed by atoms with Gasteiger partial charge in [0.2, 0.25) is 11.8 Å². The molecule has 1 unspecified atom stereocenters. The highest BCUT2D eigenvalue weighted by Crippen LogP contribution is 2.28. The Labute approximate surface area is 206 Å². The van der Waals surface area contributed by atoms with Crippen LogP contribution in [-0.4, -0.2) is 55.2 Å². The molecule has 2 amide bonds. The first-order chi connectivity index (χ1) is 17.0. The fourth-order valence-corrected chi connectivity index (χ4v) is 3.90. The Bertz CT molecular complexity index is 1090. The quantitative estimate of drug-likeness (QED) is 0.420. The van der Waals surface area contributed by atoms with Crippen LogP contribution in [0.1, 0.15) is 16.7 Å². The van der Waals surface area contributed by atoms with Crippen molar-refractivity contribution in [2.75, 3.05) is 27.4 Å². The molecule has 0 heterocycles.